The minimum atomic E-state index is -1.23. The van der Waals surface area contributed by atoms with Gasteiger partial charge in [-0.05, 0) is 58.4 Å². The van der Waals surface area contributed by atoms with Gasteiger partial charge in [0.2, 0.25) is 0 Å². The summed E-state index contributed by atoms with van der Waals surface area (Å²) < 4.78 is 15.2. The molecule has 0 saturated carbocycles. The van der Waals surface area contributed by atoms with Gasteiger partial charge in [-0.25, -0.2) is 4.79 Å². The molecule has 0 aliphatic carbocycles. The van der Waals surface area contributed by atoms with E-state index in [0.717, 1.165) is 12.0 Å². The Hall–Kier alpha value is -2.41. The van der Waals surface area contributed by atoms with Crippen LogP contribution in [0.3, 0.4) is 0 Å². The van der Waals surface area contributed by atoms with Crippen LogP contribution in [0.5, 0.6) is 0 Å². The van der Waals surface area contributed by atoms with Crippen molar-refractivity contribution in [1.82, 2.24) is 0 Å². The largest absolute Gasteiger partial charge is 0.469 e. The number of carbonyl (C=O) groups is 3. The number of hydrogen-bond acceptors (Lipinski definition) is 7. The van der Waals surface area contributed by atoms with Crippen LogP contribution in [0.1, 0.15) is 65.4 Å². The third kappa shape index (κ3) is 7.98. The van der Waals surface area contributed by atoms with Crippen LogP contribution in [0, 0.1) is 10.8 Å². The van der Waals surface area contributed by atoms with E-state index in [0.29, 0.717) is 6.42 Å². The van der Waals surface area contributed by atoms with Crippen LogP contribution >= 0.6 is 0 Å². The summed E-state index contributed by atoms with van der Waals surface area (Å²) in [6, 6.07) is 9.98. The number of ether oxygens (including phenoxy) is 3. The van der Waals surface area contributed by atoms with E-state index in [-0.39, 0.29) is 31.5 Å². The fraction of sp³-hybridized carbons (Fsp3) is 0.625. The van der Waals surface area contributed by atoms with Gasteiger partial charge in [-0.2, -0.15) is 0 Å². The zero-order chi connectivity index (χ0) is 23.7. The smallest absolute Gasteiger partial charge is 0.334 e. The molecule has 0 radical (unpaired) electrons. The van der Waals surface area contributed by atoms with E-state index in [9.17, 15) is 14.4 Å². The molecule has 3 unspecified atom stereocenters. The minimum absolute atomic E-state index is 0.128. The molecular formula is C24H36O7. The van der Waals surface area contributed by atoms with E-state index in [1.807, 2.05) is 37.3 Å². The van der Waals surface area contributed by atoms with Gasteiger partial charge in [0.25, 0.3) is 0 Å². The lowest BCUT2D eigenvalue weighted by Gasteiger charge is -2.36. The van der Waals surface area contributed by atoms with E-state index in [2.05, 4.69) is 6.92 Å². The summed E-state index contributed by atoms with van der Waals surface area (Å²) in [4.78, 5) is 36.7. The number of aliphatic hydroxyl groups excluding tert-OH is 1. The topological polar surface area (TPSA) is 99.1 Å². The molecule has 1 N–H and O–H groups in total. The maximum atomic E-state index is 12.8. The Morgan fingerprint density at radius 2 is 1.58 bits per heavy atom. The quantitative estimate of drug-likeness (QED) is 0.303. The molecule has 0 bridgehead atoms. The zero-order valence-corrected chi connectivity index (χ0v) is 19.5. The highest BCUT2D eigenvalue weighted by molar-refractivity contribution is 5.80. The van der Waals surface area contributed by atoms with Gasteiger partial charge in [-0.1, -0.05) is 37.3 Å². The Kier molecular flexibility index (Phi) is 10.2. The first kappa shape index (κ1) is 26.6. The molecule has 0 saturated heterocycles. The molecule has 0 spiro atoms. The lowest BCUT2D eigenvalue weighted by atomic mass is 9.68. The Morgan fingerprint density at radius 3 is 2.10 bits per heavy atom. The van der Waals surface area contributed by atoms with Crippen LogP contribution in [-0.4, -0.2) is 49.4 Å². The molecule has 0 aliphatic heterocycles. The summed E-state index contributed by atoms with van der Waals surface area (Å²) in [7, 11) is 1.35. The van der Waals surface area contributed by atoms with Gasteiger partial charge in [-0.3, -0.25) is 9.59 Å². The third-order valence-corrected chi connectivity index (χ3v) is 5.43. The van der Waals surface area contributed by atoms with Crippen molar-refractivity contribution in [2.45, 2.75) is 65.9 Å². The first-order valence-electron chi connectivity index (χ1n) is 10.6. The number of aliphatic hydroxyl groups is 1. The zero-order valence-electron chi connectivity index (χ0n) is 19.5. The van der Waals surface area contributed by atoms with Crippen LogP contribution in [0.25, 0.3) is 0 Å². The fourth-order valence-corrected chi connectivity index (χ4v) is 3.88. The molecule has 31 heavy (non-hydrogen) atoms. The highest BCUT2D eigenvalue weighted by atomic mass is 16.6. The first-order valence-corrected chi connectivity index (χ1v) is 10.6. The van der Waals surface area contributed by atoms with Crippen molar-refractivity contribution < 1.29 is 33.7 Å². The van der Waals surface area contributed by atoms with Gasteiger partial charge in [0.1, 0.15) is 19.3 Å². The second-order valence-electron chi connectivity index (χ2n) is 8.81. The summed E-state index contributed by atoms with van der Waals surface area (Å²) in [6.07, 6.45) is 0.380. The second-order valence-corrected chi connectivity index (χ2v) is 8.81. The van der Waals surface area contributed by atoms with Crippen molar-refractivity contribution in [2.75, 3.05) is 20.3 Å². The molecule has 7 nitrogen and oxygen atoms in total. The lowest BCUT2D eigenvalue weighted by Crippen LogP contribution is -2.40. The number of esters is 3. The normalized spacial score (nSPS) is 15.3. The summed E-state index contributed by atoms with van der Waals surface area (Å²) in [6.45, 7) is 8.36. The molecule has 3 atom stereocenters. The van der Waals surface area contributed by atoms with E-state index >= 15 is 0 Å². The van der Waals surface area contributed by atoms with E-state index in [1.54, 1.807) is 13.8 Å². The SMILES string of the molecule is CCC(CC(C)(CC(C)(C)C(=O)OCCOC(=O)C(C)O)C(=O)OC)c1ccccc1. The standard InChI is InChI=1S/C24H36O7/c1-7-18(19-11-9-8-10-12-19)15-24(5,22(28)29-6)16-23(3,4)21(27)31-14-13-30-20(26)17(2)25/h8-12,17-18,25H,7,13-16H2,1-6H3. The minimum Gasteiger partial charge on any atom is -0.469 e. The molecule has 7 heteroatoms. The Balaban J connectivity index is 2.87. The highest BCUT2D eigenvalue weighted by Crippen LogP contribution is 2.43. The Labute approximate surface area is 185 Å². The number of carbonyl (C=O) groups excluding carboxylic acids is 3. The van der Waals surface area contributed by atoms with Crippen LogP contribution in [0.4, 0.5) is 0 Å². The van der Waals surface area contributed by atoms with Crippen LogP contribution in [-0.2, 0) is 28.6 Å². The molecule has 0 amide bonds. The molecule has 1 aromatic carbocycles. The van der Waals surface area contributed by atoms with Crippen LogP contribution in [0.15, 0.2) is 30.3 Å². The molecule has 0 aliphatic rings. The molecule has 174 valence electrons. The van der Waals surface area contributed by atoms with Crippen molar-refractivity contribution in [3.05, 3.63) is 35.9 Å². The third-order valence-electron chi connectivity index (χ3n) is 5.43. The molecule has 1 rings (SSSR count). The molecule has 0 fully saturated rings. The van der Waals surface area contributed by atoms with Crippen molar-refractivity contribution in [3.63, 3.8) is 0 Å². The molecule has 0 aromatic heterocycles. The molecule has 1 aromatic rings. The average molecular weight is 437 g/mol. The summed E-state index contributed by atoms with van der Waals surface area (Å²) in [5.41, 5.74) is -0.723. The number of hydrogen-bond donors (Lipinski definition) is 1. The summed E-state index contributed by atoms with van der Waals surface area (Å²) >= 11 is 0. The monoisotopic (exact) mass is 436 g/mol. The van der Waals surface area contributed by atoms with E-state index in [1.165, 1.54) is 14.0 Å². The van der Waals surface area contributed by atoms with Gasteiger partial charge in [0, 0.05) is 0 Å². The van der Waals surface area contributed by atoms with Gasteiger partial charge < -0.3 is 19.3 Å². The number of rotatable bonds is 12. The molecular weight excluding hydrogens is 400 g/mol. The van der Waals surface area contributed by atoms with Gasteiger partial charge >= 0.3 is 17.9 Å². The molecule has 0 heterocycles. The second kappa shape index (κ2) is 11.8. The van der Waals surface area contributed by atoms with Crippen molar-refractivity contribution >= 4 is 17.9 Å². The van der Waals surface area contributed by atoms with E-state index in [4.69, 9.17) is 19.3 Å². The van der Waals surface area contributed by atoms with Crippen molar-refractivity contribution in [1.29, 1.82) is 0 Å². The van der Waals surface area contributed by atoms with Crippen LogP contribution < -0.4 is 0 Å². The first-order chi connectivity index (χ1) is 14.5. The maximum absolute atomic E-state index is 12.8. The maximum Gasteiger partial charge on any atom is 0.334 e. The summed E-state index contributed by atoms with van der Waals surface area (Å²) in [5, 5.41) is 9.11. The Bertz CT molecular complexity index is 727. The number of benzene rings is 1. The van der Waals surface area contributed by atoms with E-state index < -0.39 is 28.9 Å². The predicted octanol–water partition coefficient (Wildman–Crippen LogP) is 3.63. The van der Waals surface area contributed by atoms with Gasteiger partial charge in [0.15, 0.2) is 0 Å². The fourth-order valence-electron chi connectivity index (χ4n) is 3.88. The predicted molar refractivity (Wildman–Crippen MR) is 116 cm³/mol. The summed E-state index contributed by atoms with van der Waals surface area (Å²) in [5.74, 6) is -1.51. The van der Waals surface area contributed by atoms with Crippen LogP contribution in [0.2, 0.25) is 0 Å². The Morgan fingerprint density at radius 1 is 1.00 bits per heavy atom. The van der Waals surface area contributed by atoms with Gasteiger partial charge in [-0.15, -0.1) is 0 Å². The van der Waals surface area contributed by atoms with Crippen molar-refractivity contribution in [2.24, 2.45) is 10.8 Å². The highest BCUT2D eigenvalue weighted by Gasteiger charge is 2.44. The average Bonchev–Trinajstić information content (AvgIpc) is 2.74. The van der Waals surface area contributed by atoms with Gasteiger partial charge in [0.05, 0.1) is 17.9 Å². The lowest BCUT2D eigenvalue weighted by molar-refractivity contribution is -0.166. The van der Waals surface area contributed by atoms with Crippen molar-refractivity contribution in [3.8, 4) is 0 Å². The number of methoxy groups -OCH3 is 1.